The first-order chi connectivity index (χ1) is 10.3. The van der Waals surface area contributed by atoms with Crippen molar-refractivity contribution in [2.45, 2.75) is 25.6 Å². The highest BCUT2D eigenvalue weighted by Crippen LogP contribution is 2.15. The van der Waals surface area contributed by atoms with E-state index in [9.17, 15) is 18.0 Å². The molecule has 0 spiro atoms. The van der Waals surface area contributed by atoms with Crippen LogP contribution in [0.25, 0.3) is 0 Å². The molecule has 22 heavy (non-hydrogen) atoms. The quantitative estimate of drug-likeness (QED) is 0.918. The fourth-order valence-electron chi connectivity index (χ4n) is 1.63. The number of halogens is 3. The molecule has 1 atom stereocenters. The van der Waals surface area contributed by atoms with Crippen molar-refractivity contribution in [3.63, 3.8) is 0 Å². The second-order valence-electron chi connectivity index (χ2n) is 4.54. The van der Waals surface area contributed by atoms with Gasteiger partial charge in [0.2, 0.25) is 0 Å². The van der Waals surface area contributed by atoms with E-state index in [2.05, 4.69) is 25.2 Å². The van der Waals surface area contributed by atoms with E-state index in [0.717, 1.165) is 0 Å². The Balaban J connectivity index is 1.82. The largest absolute Gasteiger partial charge is 0.411 e. The Kier molecular flexibility index (Phi) is 4.86. The Hall–Kier alpha value is -2.29. The number of nitrogens with one attached hydrogen (secondary N) is 1. The molecule has 0 aromatic carbocycles. The number of alkyl halides is 3. The predicted octanol–water partition coefficient (Wildman–Crippen LogP) is 1.67. The summed E-state index contributed by atoms with van der Waals surface area (Å²) in [6.07, 6.45) is -3.88. The normalized spacial score (nSPS) is 16.0. The maximum Gasteiger partial charge on any atom is 0.411 e. The van der Waals surface area contributed by atoms with Gasteiger partial charge in [-0.15, -0.1) is 5.10 Å². The third-order valence-corrected chi connectivity index (χ3v) is 2.72. The molecule has 0 saturated carbocycles. The lowest BCUT2D eigenvalue weighted by Gasteiger charge is -2.14. The number of carbonyl (C=O) groups is 1. The molecular weight excluding hydrogens is 301 g/mol. The maximum absolute atomic E-state index is 12.0. The van der Waals surface area contributed by atoms with Gasteiger partial charge >= 0.3 is 6.18 Å². The number of carbonyl (C=O) groups excluding carboxylic acids is 1. The van der Waals surface area contributed by atoms with E-state index in [0.29, 0.717) is 11.4 Å². The first-order valence-electron chi connectivity index (χ1n) is 6.39. The Bertz CT molecular complexity index is 599. The molecule has 0 radical (unpaired) electrons. The lowest BCUT2D eigenvalue weighted by Crippen LogP contribution is -2.39. The summed E-state index contributed by atoms with van der Waals surface area (Å²) in [6, 6.07) is 5.28. The number of ether oxygens (including phenoxy) is 1. The molecule has 0 bridgehead atoms. The average Bonchev–Trinajstić information content (AvgIpc) is 2.93. The van der Waals surface area contributed by atoms with Gasteiger partial charge in [0.25, 0.3) is 5.91 Å². The van der Waals surface area contributed by atoms with Crippen molar-refractivity contribution in [3.05, 3.63) is 30.1 Å². The van der Waals surface area contributed by atoms with E-state index in [1.54, 1.807) is 24.4 Å². The SMILES string of the molecule is CC(OCC(F)(F)F)C(=O)NC1=NN=C(c2ccccn2)C1. The molecule has 1 unspecified atom stereocenters. The summed E-state index contributed by atoms with van der Waals surface area (Å²) in [6.45, 7) is -0.249. The molecule has 0 fully saturated rings. The zero-order chi connectivity index (χ0) is 16.2. The average molecular weight is 314 g/mol. The van der Waals surface area contributed by atoms with E-state index < -0.39 is 24.8 Å². The lowest BCUT2D eigenvalue weighted by molar-refractivity contribution is -0.185. The fraction of sp³-hybridized carbons (Fsp3) is 0.385. The van der Waals surface area contributed by atoms with E-state index in [4.69, 9.17) is 0 Å². The molecule has 0 saturated heterocycles. The van der Waals surface area contributed by atoms with Crippen LogP contribution in [0.1, 0.15) is 19.0 Å². The zero-order valence-corrected chi connectivity index (χ0v) is 11.6. The molecule has 1 aromatic rings. The van der Waals surface area contributed by atoms with Crippen LogP contribution in [0.15, 0.2) is 34.6 Å². The van der Waals surface area contributed by atoms with Gasteiger partial charge in [-0.1, -0.05) is 6.07 Å². The number of hydrogen-bond acceptors (Lipinski definition) is 5. The van der Waals surface area contributed by atoms with Crippen LogP contribution in [0.2, 0.25) is 0 Å². The predicted molar refractivity (Wildman–Crippen MR) is 72.4 cm³/mol. The molecule has 2 heterocycles. The van der Waals surface area contributed by atoms with Gasteiger partial charge in [-0.3, -0.25) is 9.78 Å². The molecule has 1 aliphatic heterocycles. The topological polar surface area (TPSA) is 75.9 Å². The number of rotatable bonds is 4. The highest BCUT2D eigenvalue weighted by atomic mass is 19.4. The first-order valence-corrected chi connectivity index (χ1v) is 6.39. The third-order valence-electron chi connectivity index (χ3n) is 2.72. The van der Waals surface area contributed by atoms with Crippen molar-refractivity contribution in [2.75, 3.05) is 6.61 Å². The highest BCUT2D eigenvalue weighted by Gasteiger charge is 2.30. The van der Waals surface area contributed by atoms with Crippen LogP contribution in [0, 0.1) is 0 Å². The van der Waals surface area contributed by atoms with Gasteiger partial charge in [0, 0.05) is 6.20 Å². The second-order valence-corrected chi connectivity index (χ2v) is 4.54. The summed E-state index contributed by atoms with van der Waals surface area (Å²) in [5.41, 5.74) is 1.19. The molecule has 1 amide bonds. The van der Waals surface area contributed by atoms with Crippen molar-refractivity contribution in [1.29, 1.82) is 0 Å². The Morgan fingerprint density at radius 3 is 2.82 bits per heavy atom. The number of aromatic nitrogens is 1. The van der Waals surface area contributed by atoms with Crippen molar-refractivity contribution < 1.29 is 22.7 Å². The fourth-order valence-corrected chi connectivity index (χ4v) is 1.63. The number of hydrogen-bond donors (Lipinski definition) is 1. The zero-order valence-electron chi connectivity index (χ0n) is 11.6. The van der Waals surface area contributed by atoms with Gasteiger partial charge in [0.05, 0.1) is 17.8 Å². The molecule has 2 rings (SSSR count). The van der Waals surface area contributed by atoms with Crippen LogP contribution in [0.5, 0.6) is 0 Å². The summed E-state index contributed by atoms with van der Waals surface area (Å²) in [5, 5.41) is 10.1. The molecule has 1 N–H and O–H groups in total. The van der Waals surface area contributed by atoms with E-state index in [1.165, 1.54) is 6.92 Å². The van der Waals surface area contributed by atoms with Gasteiger partial charge in [0.15, 0.2) is 0 Å². The Morgan fingerprint density at radius 1 is 1.41 bits per heavy atom. The lowest BCUT2D eigenvalue weighted by atomic mass is 10.2. The molecule has 118 valence electrons. The van der Waals surface area contributed by atoms with Crippen molar-refractivity contribution in [2.24, 2.45) is 10.2 Å². The van der Waals surface area contributed by atoms with E-state index in [1.807, 2.05) is 0 Å². The first kappa shape index (κ1) is 16.1. The summed E-state index contributed by atoms with van der Waals surface area (Å²) >= 11 is 0. The second kappa shape index (κ2) is 6.65. The standard InChI is InChI=1S/C13H13F3N4O2/c1-8(22-7-13(14,15)16)12(21)18-11-6-10(19-20-11)9-4-2-3-5-17-9/h2-5,8H,6-7H2,1H3,(H,18,20,21). The van der Waals surface area contributed by atoms with Crippen LogP contribution >= 0.6 is 0 Å². The van der Waals surface area contributed by atoms with Gasteiger partial charge in [-0.05, 0) is 19.1 Å². The summed E-state index contributed by atoms with van der Waals surface area (Å²) < 4.78 is 40.5. The minimum atomic E-state index is -4.48. The van der Waals surface area contributed by atoms with Crippen LogP contribution in [0.3, 0.4) is 0 Å². The van der Waals surface area contributed by atoms with Crippen LogP contribution in [-0.4, -0.2) is 41.3 Å². The van der Waals surface area contributed by atoms with Gasteiger partial charge < -0.3 is 10.1 Å². The molecule has 0 aliphatic carbocycles. The van der Waals surface area contributed by atoms with Gasteiger partial charge in [0.1, 0.15) is 18.5 Å². The highest BCUT2D eigenvalue weighted by molar-refractivity contribution is 6.16. The van der Waals surface area contributed by atoms with E-state index in [-0.39, 0.29) is 12.3 Å². The van der Waals surface area contributed by atoms with Crippen LogP contribution < -0.4 is 5.32 Å². The third kappa shape index (κ3) is 4.62. The van der Waals surface area contributed by atoms with Crippen molar-refractivity contribution >= 4 is 17.5 Å². The van der Waals surface area contributed by atoms with Gasteiger partial charge in [-0.25, -0.2) is 0 Å². The van der Waals surface area contributed by atoms with Crippen molar-refractivity contribution in [1.82, 2.24) is 10.3 Å². The van der Waals surface area contributed by atoms with Gasteiger partial charge in [-0.2, -0.15) is 18.3 Å². The maximum atomic E-state index is 12.0. The van der Waals surface area contributed by atoms with Crippen LogP contribution in [0.4, 0.5) is 13.2 Å². The molecule has 1 aromatic heterocycles. The summed E-state index contributed by atoms with van der Waals surface area (Å²) in [4.78, 5) is 15.8. The monoisotopic (exact) mass is 314 g/mol. The molecule has 1 aliphatic rings. The number of amides is 1. The van der Waals surface area contributed by atoms with Crippen LogP contribution in [-0.2, 0) is 9.53 Å². The number of amidine groups is 1. The molecule has 9 heteroatoms. The molecule has 6 nitrogen and oxygen atoms in total. The van der Waals surface area contributed by atoms with E-state index >= 15 is 0 Å². The summed E-state index contributed by atoms with van der Waals surface area (Å²) in [7, 11) is 0. The Morgan fingerprint density at radius 2 is 2.18 bits per heavy atom. The summed E-state index contributed by atoms with van der Waals surface area (Å²) in [5.74, 6) is -0.464. The minimum Gasteiger partial charge on any atom is -0.359 e. The number of pyridine rings is 1. The smallest absolute Gasteiger partial charge is 0.359 e. The van der Waals surface area contributed by atoms with Crippen molar-refractivity contribution in [3.8, 4) is 0 Å². The Labute approximate surface area is 124 Å². The molecular formula is C13H13F3N4O2. The minimum absolute atomic E-state index is 0.244. The number of nitrogens with zero attached hydrogens (tertiary/aromatic N) is 3.